The minimum Gasteiger partial charge on any atom is -0.506 e. The molecule has 15 heteroatoms. The molecule has 0 aromatic rings. The summed E-state index contributed by atoms with van der Waals surface area (Å²) >= 11 is -0.167. The maximum atomic E-state index is 8.35. The van der Waals surface area contributed by atoms with Gasteiger partial charge in [0.2, 0.25) is 0 Å². The molecule has 0 saturated carbocycles. The highest BCUT2D eigenvalue weighted by molar-refractivity contribution is 5.86. The second kappa shape index (κ2) is 444. The molecule has 0 unspecified atom stereocenters. The van der Waals surface area contributed by atoms with Crippen molar-refractivity contribution in [3.05, 3.63) is 19.9 Å². The fraction of sp³-hybridized carbons (Fsp3) is 1.00. The number of aliphatic hydroxyl groups is 1. The Labute approximate surface area is 185 Å². The van der Waals surface area contributed by atoms with Gasteiger partial charge in [0, 0.05) is 26.5 Å². The predicted octanol–water partition coefficient (Wildman–Crippen LogP) is 3.72. The lowest BCUT2D eigenvalue weighted by atomic mass is 10.9. The molecule has 0 amide bonds. The number of aliphatic hydroxyl groups excluding tert-OH is 1. The van der Waals surface area contributed by atoms with Crippen LogP contribution in [0.4, 0.5) is 0 Å². The van der Waals surface area contributed by atoms with Gasteiger partial charge >= 0.3 is 11.3 Å². The van der Waals surface area contributed by atoms with E-state index in [0.29, 0.717) is 13.2 Å². The Kier molecular flexibility index (Phi) is 1330. The van der Waals surface area contributed by atoms with Crippen LogP contribution < -0.4 is 4.66 Å². The van der Waals surface area contributed by atoms with Crippen molar-refractivity contribution in [1.82, 2.24) is 0 Å². The summed E-state index contributed by atoms with van der Waals surface area (Å²) in [5.74, 6) is 0. The van der Waals surface area contributed by atoms with Crippen LogP contribution in [0.25, 0.3) is 0 Å². The molecule has 0 spiro atoms. The highest BCUT2D eigenvalue weighted by Gasteiger charge is 1.54. The minimum absolute atomic E-state index is 0. The van der Waals surface area contributed by atoms with Crippen molar-refractivity contribution >= 4 is 37.2 Å². The number of halogens is 4. The third kappa shape index (κ3) is 3500. The van der Waals surface area contributed by atoms with E-state index < -0.39 is 0 Å². The predicted molar refractivity (Wildman–Crippen MR) is 113 cm³/mol. The van der Waals surface area contributed by atoms with E-state index in [1.54, 1.807) is 20.8 Å². The molecule has 0 aromatic carbocycles. The van der Waals surface area contributed by atoms with Gasteiger partial charge in [-0.2, -0.15) is 0 Å². The molecule has 182 valence electrons. The lowest BCUT2D eigenvalue weighted by molar-refractivity contribution is -1.27. The number of hydrogen-bond acceptors (Lipinski definition) is 11. The van der Waals surface area contributed by atoms with Gasteiger partial charge in [-0.15, -0.1) is 41.9 Å². The summed E-state index contributed by atoms with van der Waals surface area (Å²) in [6.45, 7) is 18.1. The Hall–Kier alpha value is 0.0800. The van der Waals surface area contributed by atoms with Gasteiger partial charge in [-0.25, -0.2) is 9.78 Å². The molecule has 0 rings (SSSR count). The first kappa shape index (κ1) is 81.0. The normalized spacial score (nSPS) is 4.52. The summed E-state index contributed by atoms with van der Waals surface area (Å²) in [4.78, 5) is 35.1. The van der Waals surface area contributed by atoms with Crippen LogP contribution in [0.5, 0.6) is 0 Å². The Morgan fingerprint density at radius 3 is 0.741 bits per heavy atom. The Morgan fingerprint density at radius 1 is 0.704 bits per heavy atom. The molecular formula is C12H40Cl4O11. The Balaban J connectivity index is -0.00000000941. The molecule has 0 aliphatic heterocycles. The molecule has 4 N–H and O–H groups in total. The molecule has 0 aromatic heterocycles. The molecule has 11 nitrogen and oxygen atoms in total. The van der Waals surface area contributed by atoms with E-state index in [2.05, 4.69) is 9.78 Å². The molecule has 0 heterocycles. The molecule has 0 radical (unpaired) electrons. The van der Waals surface area contributed by atoms with E-state index in [9.17, 15) is 0 Å². The lowest BCUT2D eigenvalue weighted by Crippen LogP contribution is -1.94. The van der Waals surface area contributed by atoms with Crippen molar-refractivity contribution in [3.63, 3.8) is 0 Å². The van der Waals surface area contributed by atoms with E-state index in [1.165, 1.54) is 0 Å². The highest BCUT2D eigenvalue weighted by Crippen LogP contribution is 1.51. The van der Waals surface area contributed by atoms with Crippen molar-refractivity contribution in [1.29, 1.82) is 0 Å². The van der Waals surface area contributed by atoms with Gasteiger partial charge in [0.05, 0.1) is 13.2 Å². The summed E-state index contributed by atoms with van der Waals surface area (Å²) in [6, 6.07) is 0. The van der Waals surface area contributed by atoms with Crippen molar-refractivity contribution in [2.45, 2.75) is 62.3 Å². The van der Waals surface area contributed by atoms with Crippen LogP contribution in [0.15, 0.2) is 0 Å². The van der Waals surface area contributed by atoms with Crippen LogP contribution in [0.3, 0.4) is 0 Å². The minimum atomic E-state index is -0.167. The number of hydrogen-bond donors (Lipinski definition) is 4. The van der Waals surface area contributed by atoms with Gasteiger partial charge in [-0.1, -0.05) is 41.5 Å². The second-order valence-corrected chi connectivity index (χ2v) is 1.36. The van der Waals surface area contributed by atoms with Gasteiger partial charge in [0.1, 0.15) is 0 Å². The van der Waals surface area contributed by atoms with Crippen molar-refractivity contribution in [2.24, 2.45) is 0 Å². The average molecular weight is 502 g/mol. The van der Waals surface area contributed by atoms with Crippen LogP contribution in [-0.4, -0.2) is 40.1 Å². The third-order valence-electron chi connectivity index (χ3n) is 0.258. The summed E-state index contributed by atoms with van der Waals surface area (Å²) in [7, 11) is 0. The fourth-order valence-corrected chi connectivity index (χ4v) is 0. The molecule has 0 atom stereocenters. The second-order valence-electron chi connectivity index (χ2n) is 1.22. The maximum Gasteiger partial charge on any atom is 0.327 e. The van der Waals surface area contributed by atoms with Crippen LogP contribution in [0, 0.1) is 31.2 Å². The van der Waals surface area contributed by atoms with Gasteiger partial charge in [0.15, 0.2) is 0 Å². The monoisotopic (exact) mass is 500 g/mol. The van der Waals surface area contributed by atoms with Crippen LogP contribution in [0.2, 0.25) is 0 Å². The van der Waals surface area contributed by atoms with E-state index >= 15 is 0 Å². The fourth-order valence-electron chi connectivity index (χ4n) is 0. The smallest absolute Gasteiger partial charge is 0.327 e. The molecule has 0 aliphatic carbocycles. The third-order valence-corrected chi connectivity index (χ3v) is 0.258. The maximum absolute atomic E-state index is 8.35. The van der Waals surface area contributed by atoms with Gasteiger partial charge in [-0.05, 0) is 20.8 Å². The van der Waals surface area contributed by atoms with Crippen molar-refractivity contribution < 1.29 is 46.0 Å². The zero-order valence-corrected chi connectivity index (χ0v) is 20.6. The van der Waals surface area contributed by atoms with Crippen molar-refractivity contribution in [2.75, 3.05) is 19.8 Å². The SMILES string of the molecule is CC.CC.CC.CCO.CCOO.CCOO.Cl.Cl.Cl.O=O.O=O.[O-][Cl+]O. The molecule has 0 saturated heterocycles. The van der Waals surface area contributed by atoms with Crippen LogP contribution in [-0.2, 0) is 9.78 Å². The molecule has 27 heavy (non-hydrogen) atoms. The summed E-state index contributed by atoms with van der Waals surface area (Å²) in [6.07, 6.45) is 0. The first-order chi connectivity index (χ1) is 11.7. The first-order valence-corrected chi connectivity index (χ1v) is 7.68. The average Bonchev–Trinajstić information content (AvgIpc) is 2.71. The molecule has 0 bridgehead atoms. The molecule has 0 fully saturated rings. The van der Waals surface area contributed by atoms with E-state index in [-0.39, 0.29) is 55.2 Å². The van der Waals surface area contributed by atoms with E-state index in [4.69, 9.17) is 44.8 Å². The van der Waals surface area contributed by atoms with Gasteiger partial charge in [0.25, 0.3) is 0 Å². The van der Waals surface area contributed by atoms with E-state index in [1.807, 2.05) is 41.5 Å². The zero-order valence-electron chi connectivity index (χ0n) is 17.4. The summed E-state index contributed by atoms with van der Waals surface area (Å²) < 4.78 is 15.2. The van der Waals surface area contributed by atoms with Gasteiger partial charge < -0.3 is 9.77 Å². The van der Waals surface area contributed by atoms with Crippen LogP contribution >= 0.6 is 37.2 Å². The summed E-state index contributed by atoms with van der Waals surface area (Å²) in [5.41, 5.74) is 0. The van der Waals surface area contributed by atoms with Crippen LogP contribution in [0.1, 0.15) is 62.3 Å². The number of rotatable bonds is 2. The quantitative estimate of drug-likeness (QED) is 0.318. The highest BCUT2D eigenvalue weighted by atomic mass is 35.6. The zero-order chi connectivity index (χ0) is 22.2. The molecule has 0 aliphatic rings. The Morgan fingerprint density at radius 2 is 0.741 bits per heavy atom. The first-order valence-electron chi connectivity index (χ1n) is 7.04. The van der Waals surface area contributed by atoms with Gasteiger partial charge in [-0.3, -0.25) is 10.5 Å². The van der Waals surface area contributed by atoms with Crippen molar-refractivity contribution in [3.8, 4) is 0 Å². The molecular weight excluding hydrogens is 462 g/mol. The largest absolute Gasteiger partial charge is 0.506 e. The Bertz CT molecular complexity index is 75.3. The lowest BCUT2D eigenvalue weighted by Gasteiger charge is -1.73. The van der Waals surface area contributed by atoms with E-state index in [0.717, 1.165) is 0 Å². The topological polar surface area (TPSA) is 191 Å². The standard InChI is InChI=1S/2C2H6O2.C2H6O.3C2H6.ClHO2.3ClH.2O2/c2*1-2-4-3;1-2-3;3*1-2;2-1-3;;;;2*1-2/h2*3H,2H2,1H3;3H,2H2,1H3;3*1-2H3;2H;3*1H;;. The summed E-state index contributed by atoms with van der Waals surface area (Å²) in [5, 5.41) is 22.3.